The molecule has 7 heteroatoms. The highest BCUT2D eigenvalue weighted by molar-refractivity contribution is 5.91. The van der Waals surface area contributed by atoms with Gasteiger partial charge < -0.3 is 9.88 Å². The van der Waals surface area contributed by atoms with Crippen LogP contribution in [0, 0.1) is 5.92 Å². The van der Waals surface area contributed by atoms with Crippen LogP contribution in [0.25, 0.3) is 0 Å². The summed E-state index contributed by atoms with van der Waals surface area (Å²) in [6, 6.07) is 2.35. The van der Waals surface area contributed by atoms with E-state index in [0.717, 1.165) is 19.4 Å². The molecule has 0 radical (unpaired) electrons. The fraction of sp³-hybridized carbons (Fsp3) is 0.562. The first-order valence-corrected chi connectivity index (χ1v) is 8.00. The molecule has 0 bridgehead atoms. The molecular formula is C16H24N6O. The van der Waals surface area contributed by atoms with Gasteiger partial charge in [0.15, 0.2) is 0 Å². The topological polar surface area (TPSA) is 68.0 Å². The summed E-state index contributed by atoms with van der Waals surface area (Å²) in [6.07, 6.45) is 7.46. The Labute approximate surface area is 136 Å². The van der Waals surface area contributed by atoms with Crippen molar-refractivity contribution in [2.24, 2.45) is 20.0 Å². The van der Waals surface area contributed by atoms with E-state index in [1.165, 1.54) is 5.69 Å². The van der Waals surface area contributed by atoms with Crippen LogP contribution in [0.15, 0.2) is 24.8 Å². The first kappa shape index (κ1) is 15.7. The number of nitrogens with one attached hydrogen (secondary N) is 1. The third kappa shape index (κ3) is 3.29. The number of hydrogen-bond acceptors (Lipinski definition) is 4. The second-order valence-corrected chi connectivity index (χ2v) is 6.34. The summed E-state index contributed by atoms with van der Waals surface area (Å²) in [5.41, 5.74) is 1.66. The third-order valence-electron chi connectivity index (χ3n) is 4.63. The van der Waals surface area contributed by atoms with Gasteiger partial charge in [0.1, 0.15) is 5.69 Å². The van der Waals surface area contributed by atoms with Gasteiger partial charge in [-0.25, -0.2) is 4.98 Å². The number of piperidine rings is 1. The summed E-state index contributed by atoms with van der Waals surface area (Å²) in [7, 11) is 5.98. The Kier molecular flexibility index (Phi) is 4.47. The lowest BCUT2D eigenvalue weighted by molar-refractivity contribution is 0.0876. The van der Waals surface area contributed by atoms with Crippen LogP contribution in [0.5, 0.6) is 0 Å². The average Bonchev–Trinajstić information content (AvgIpc) is 3.13. The normalized spacial score (nSPS) is 22.2. The van der Waals surface area contributed by atoms with Crippen molar-refractivity contribution in [2.75, 3.05) is 20.1 Å². The minimum absolute atomic E-state index is 0.109. The standard InChI is InChI=1S/C16H24N6O/c1-20-10-13(18-11-20)16(23)17-9-12-5-4-8-21(2)15(12)14-6-7-19-22(14)3/h6-7,10-12,15H,4-5,8-9H2,1-3H3,(H,17,23)/t12-,15+/m0/s1. The molecule has 1 aliphatic heterocycles. The summed E-state index contributed by atoms with van der Waals surface area (Å²) in [5.74, 6) is 0.263. The number of imidazole rings is 1. The molecule has 1 N–H and O–H groups in total. The molecular weight excluding hydrogens is 292 g/mol. The van der Waals surface area contributed by atoms with Crippen LogP contribution >= 0.6 is 0 Å². The summed E-state index contributed by atoms with van der Waals surface area (Å²) in [5, 5.41) is 7.34. The Bertz CT molecular complexity index is 676. The minimum Gasteiger partial charge on any atom is -0.350 e. The van der Waals surface area contributed by atoms with Crippen molar-refractivity contribution in [3.8, 4) is 0 Å². The average molecular weight is 316 g/mol. The van der Waals surface area contributed by atoms with Crippen molar-refractivity contribution in [3.05, 3.63) is 36.2 Å². The molecule has 0 aromatic carbocycles. The molecule has 1 amide bonds. The summed E-state index contributed by atoms with van der Waals surface area (Å²) in [6.45, 7) is 1.72. The number of likely N-dealkylation sites (tertiary alicyclic amines) is 1. The van der Waals surface area contributed by atoms with Gasteiger partial charge in [0, 0.05) is 33.0 Å². The molecule has 0 spiro atoms. The fourth-order valence-corrected chi connectivity index (χ4v) is 3.46. The zero-order valence-corrected chi connectivity index (χ0v) is 13.9. The van der Waals surface area contributed by atoms with Gasteiger partial charge in [-0.15, -0.1) is 0 Å². The Hall–Kier alpha value is -2.15. The number of hydrogen-bond donors (Lipinski definition) is 1. The van der Waals surface area contributed by atoms with Gasteiger partial charge >= 0.3 is 0 Å². The molecule has 2 aromatic rings. The molecule has 0 saturated carbocycles. The van der Waals surface area contributed by atoms with Crippen LogP contribution in [0.3, 0.4) is 0 Å². The van der Waals surface area contributed by atoms with E-state index in [1.807, 2.05) is 25.0 Å². The zero-order chi connectivity index (χ0) is 16.4. The van der Waals surface area contributed by atoms with E-state index in [1.54, 1.807) is 17.1 Å². The van der Waals surface area contributed by atoms with Gasteiger partial charge in [-0.1, -0.05) is 0 Å². The van der Waals surface area contributed by atoms with Crippen molar-refractivity contribution in [2.45, 2.75) is 18.9 Å². The highest BCUT2D eigenvalue weighted by atomic mass is 16.1. The van der Waals surface area contributed by atoms with Crippen LogP contribution in [-0.2, 0) is 14.1 Å². The highest BCUT2D eigenvalue weighted by Gasteiger charge is 2.32. The predicted octanol–water partition coefficient (Wildman–Crippen LogP) is 0.966. The Morgan fingerprint density at radius 2 is 2.22 bits per heavy atom. The van der Waals surface area contributed by atoms with Gasteiger partial charge in [-0.3, -0.25) is 14.4 Å². The maximum atomic E-state index is 12.2. The van der Waals surface area contributed by atoms with Crippen LogP contribution in [0.1, 0.15) is 35.1 Å². The first-order valence-electron chi connectivity index (χ1n) is 8.00. The molecule has 0 aliphatic carbocycles. The highest BCUT2D eigenvalue weighted by Crippen LogP contribution is 2.34. The molecule has 1 aliphatic rings. The Balaban J connectivity index is 1.69. The third-order valence-corrected chi connectivity index (χ3v) is 4.63. The van der Waals surface area contributed by atoms with Crippen molar-refractivity contribution in [1.29, 1.82) is 0 Å². The molecule has 1 saturated heterocycles. The molecule has 7 nitrogen and oxygen atoms in total. The van der Waals surface area contributed by atoms with Crippen LogP contribution < -0.4 is 5.32 Å². The van der Waals surface area contributed by atoms with Crippen molar-refractivity contribution < 1.29 is 4.79 Å². The molecule has 2 atom stereocenters. The van der Waals surface area contributed by atoms with Crippen LogP contribution in [0.4, 0.5) is 0 Å². The van der Waals surface area contributed by atoms with E-state index in [9.17, 15) is 4.79 Å². The Morgan fingerprint density at radius 1 is 1.39 bits per heavy atom. The molecule has 3 heterocycles. The van der Waals surface area contributed by atoms with Gasteiger partial charge in [0.25, 0.3) is 5.91 Å². The van der Waals surface area contributed by atoms with Crippen LogP contribution in [-0.4, -0.2) is 50.3 Å². The summed E-state index contributed by atoms with van der Waals surface area (Å²) < 4.78 is 3.71. The van der Waals surface area contributed by atoms with Gasteiger partial charge in [-0.2, -0.15) is 5.10 Å². The lowest BCUT2D eigenvalue weighted by Gasteiger charge is -2.39. The maximum Gasteiger partial charge on any atom is 0.271 e. The zero-order valence-electron chi connectivity index (χ0n) is 13.9. The van der Waals surface area contributed by atoms with Crippen molar-refractivity contribution >= 4 is 5.91 Å². The monoisotopic (exact) mass is 316 g/mol. The predicted molar refractivity (Wildman–Crippen MR) is 86.8 cm³/mol. The number of nitrogens with zero attached hydrogens (tertiary/aromatic N) is 5. The summed E-state index contributed by atoms with van der Waals surface area (Å²) >= 11 is 0. The van der Waals surface area contributed by atoms with Crippen molar-refractivity contribution in [1.82, 2.24) is 29.5 Å². The van der Waals surface area contributed by atoms with E-state index in [4.69, 9.17) is 0 Å². The van der Waals surface area contributed by atoms with Crippen LogP contribution in [0.2, 0.25) is 0 Å². The van der Waals surface area contributed by atoms with E-state index >= 15 is 0 Å². The maximum absolute atomic E-state index is 12.2. The van der Waals surface area contributed by atoms with Gasteiger partial charge in [0.2, 0.25) is 0 Å². The fourth-order valence-electron chi connectivity index (χ4n) is 3.46. The summed E-state index contributed by atoms with van der Waals surface area (Å²) in [4.78, 5) is 18.7. The second kappa shape index (κ2) is 6.54. The SMILES string of the molecule is CN1CCC[C@@H](CNC(=O)c2cn(C)cn2)[C@@H]1c1ccnn1C. The lowest BCUT2D eigenvalue weighted by Crippen LogP contribution is -2.42. The lowest BCUT2D eigenvalue weighted by atomic mass is 9.87. The number of aryl methyl sites for hydroxylation is 2. The Morgan fingerprint density at radius 3 is 2.87 bits per heavy atom. The largest absolute Gasteiger partial charge is 0.350 e. The van der Waals surface area contributed by atoms with Crippen molar-refractivity contribution in [3.63, 3.8) is 0 Å². The van der Waals surface area contributed by atoms with E-state index in [-0.39, 0.29) is 11.9 Å². The van der Waals surface area contributed by atoms with E-state index in [2.05, 4.69) is 33.4 Å². The second-order valence-electron chi connectivity index (χ2n) is 6.34. The molecule has 124 valence electrons. The molecule has 2 aromatic heterocycles. The number of carbonyl (C=O) groups is 1. The smallest absolute Gasteiger partial charge is 0.271 e. The number of rotatable bonds is 4. The molecule has 0 unspecified atom stereocenters. The molecule has 1 fully saturated rings. The van der Waals surface area contributed by atoms with Gasteiger partial charge in [0.05, 0.1) is 18.1 Å². The molecule has 3 rings (SSSR count). The number of amides is 1. The van der Waals surface area contributed by atoms with Gasteiger partial charge in [-0.05, 0) is 38.4 Å². The minimum atomic E-state index is -0.109. The molecule has 23 heavy (non-hydrogen) atoms. The quantitative estimate of drug-likeness (QED) is 0.912. The first-order chi connectivity index (χ1) is 11.1. The number of aromatic nitrogens is 4. The van der Waals surface area contributed by atoms with E-state index < -0.39 is 0 Å². The number of carbonyl (C=O) groups excluding carboxylic acids is 1. The van der Waals surface area contributed by atoms with E-state index in [0.29, 0.717) is 18.2 Å².